The van der Waals surface area contributed by atoms with Crippen LogP contribution in [0.5, 0.6) is 0 Å². The van der Waals surface area contributed by atoms with Crippen LogP contribution in [0.15, 0.2) is 0 Å². The third kappa shape index (κ3) is 2.63. The zero-order chi connectivity index (χ0) is 13.3. The fourth-order valence-corrected chi connectivity index (χ4v) is 3.53. The topological polar surface area (TPSA) is 71.0 Å². The molecular formula is C13H22N2O4. The lowest BCUT2D eigenvalue weighted by molar-refractivity contribution is -0.150. The van der Waals surface area contributed by atoms with Crippen molar-refractivity contribution in [3.8, 4) is 0 Å². The number of nitrogens with one attached hydrogen (secondary N) is 1. The summed E-state index contributed by atoms with van der Waals surface area (Å²) in [5, 5.41) is 12.5. The Morgan fingerprint density at radius 3 is 3.05 bits per heavy atom. The summed E-state index contributed by atoms with van der Waals surface area (Å²) >= 11 is 0. The van der Waals surface area contributed by atoms with Crippen molar-refractivity contribution >= 4 is 5.97 Å². The van der Waals surface area contributed by atoms with Gasteiger partial charge in [-0.15, -0.1) is 0 Å². The quantitative estimate of drug-likeness (QED) is 0.717. The maximum absolute atomic E-state index is 11.4. The zero-order valence-corrected chi connectivity index (χ0v) is 11.1. The number of hydrogen-bond acceptors (Lipinski definition) is 5. The molecule has 3 fully saturated rings. The van der Waals surface area contributed by atoms with Gasteiger partial charge in [-0.05, 0) is 12.8 Å². The highest BCUT2D eigenvalue weighted by Gasteiger charge is 2.44. The molecule has 3 aliphatic heterocycles. The van der Waals surface area contributed by atoms with E-state index in [1.807, 2.05) is 0 Å². The number of aliphatic carboxylic acids is 1. The molecule has 2 N–H and O–H groups in total. The van der Waals surface area contributed by atoms with Crippen LogP contribution in [0.3, 0.4) is 0 Å². The number of carbonyl (C=O) groups is 1. The van der Waals surface area contributed by atoms with Gasteiger partial charge in [-0.25, -0.2) is 0 Å². The Labute approximate surface area is 113 Å². The summed E-state index contributed by atoms with van der Waals surface area (Å²) < 4.78 is 11.4. The van der Waals surface area contributed by atoms with Crippen molar-refractivity contribution in [2.45, 2.75) is 36.9 Å². The van der Waals surface area contributed by atoms with Gasteiger partial charge < -0.3 is 19.9 Å². The minimum atomic E-state index is -0.726. The van der Waals surface area contributed by atoms with Gasteiger partial charge in [0.25, 0.3) is 0 Å². The van der Waals surface area contributed by atoms with Crippen molar-refractivity contribution in [2.75, 3.05) is 39.5 Å². The molecule has 0 radical (unpaired) electrons. The molecule has 3 rings (SSSR count). The largest absolute Gasteiger partial charge is 0.480 e. The Morgan fingerprint density at radius 1 is 1.42 bits per heavy atom. The van der Waals surface area contributed by atoms with E-state index in [-0.39, 0.29) is 5.60 Å². The first kappa shape index (κ1) is 13.3. The summed E-state index contributed by atoms with van der Waals surface area (Å²) in [7, 11) is 0. The lowest BCUT2D eigenvalue weighted by Gasteiger charge is -2.45. The Bertz CT molecular complexity index is 344. The first-order valence-electron chi connectivity index (χ1n) is 7.11. The van der Waals surface area contributed by atoms with Gasteiger partial charge in [-0.1, -0.05) is 0 Å². The van der Waals surface area contributed by atoms with Crippen molar-refractivity contribution in [1.82, 2.24) is 10.2 Å². The van der Waals surface area contributed by atoms with E-state index in [9.17, 15) is 9.90 Å². The van der Waals surface area contributed by atoms with Gasteiger partial charge in [0.15, 0.2) is 0 Å². The monoisotopic (exact) mass is 270 g/mol. The van der Waals surface area contributed by atoms with Gasteiger partial charge in [0.2, 0.25) is 0 Å². The third-order valence-electron chi connectivity index (χ3n) is 4.57. The first-order chi connectivity index (χ1) is 9.20. The van der Waals surface area contributed by atoms with Crippen molar-refractivity contribution in [2.24, 2.45) is 0 Å². The van der Waals surface area contributed by atoms with Crippen molar-refractivity contribution in [3.63, 3.8) is 0 Å². The summed E-state index contributed by atoms with van der Waals surface area (Å²) in [5.74, 6) is -0.726. The highest BCUT2D eigenvalue weighted by atomic mass is 16.6. The fourth-order valence-electron chi connectivity index (χ4n) is 3.53. The molecule has 3 atom stereocenters. The molecule has 19 heavy (non-hydrogen) atoms. The summed E-state index contributed by atoms with van der Waals surface area (Å²) in [4.78, 5) is 13.5. The van der Waals surface area contributed by atoms with Crippen LogP contribution >= 0.6 is 0 Å². The molecule has 0 amide bonds. The molecule has 0 bridgehead atoms. The Kier molecular flexibility index (Phi) is 3.75. The average Bonchev–Trinajstić information content (AvgIpc) is 2.86. The van der Waals surface area contributed by atoms with Gasteiger partial charge in [-0.2, -0.15) is 0 Å². The smallest absolute Gasteiger partial charge is 0.322 e. The molecule has 0 aromatic heterocycles. The highest BCUT2D eigenvalue weighted by Crippen LogP contribution is 2.35. The van der Waals surface area contributed by atoms with E-state index in [4.69, 9.17) is 9.47 Å². The number of rotatable bonds is 2. The second-order valence-electron chi connectivity index (χ2n) is 5.78. The van der Waals surface area contributed by atoms with Crippen LogP contribution in [-0.2, 0) is 14.3 Å². The molecule has 6 nitrogen and oxygen atoms in total. The van der Waals surface area contributed by atoms with Gasteiger partial charge in [0.1, 0.15) is 6.04 Å². The first-order valence-corrected chi connectivity index (χ1v) is 7.11. The Hall–Kier alpha value is -0.690. The predicted octanol–water partition coefficient (Wildman–Crippen LogP) is -0.317. The van der Waals surface area contributed by atoms with Crippen LogP contribution in [0.1, 0.15) is 19.3 Å². The summed E-state index contributed by atoms with van der Waals surface area (Å²) in [6, 6.07) is -0.102. The standard InChI is InChI=1S/C13H22N2O4/c16-12(17)11-8-14-3-4-15(11)10-1-5-19-13(7-10)2-6-18-9-13/h10-11,14H,1-9H2,(H,16,17). The molecule has 108 valence electrons. The molecule has 3 saturated heterocycles. The zero-order valence-electron chi connectivity index (χ0n) is 11.1. The van der Waals surface area contributed by atoms with Crippen LogP contribution < -0.4 is 5.32 Å². The normalized spacial score (nSPS) is 40.6. The van der Waals surface area contributed by atoms with Gasteiger partial charge in [0.05, 0.1) is 12.2 Å². The van der Waals surface area contributed by atoms with Crippen LogP contribution in [-0.4, -0.2) is 73.1 Å². The van der Waals surface area contributed by atoms with E-state index in [1.54, 1.807) is 0 Å². The highest BCUT2D eigenvalue weighted by molar-refractivity contribution is 5.74. The lowest BCUT2D eigenvalue weighted by atomic mass is 9.88. The second kappa shape index (κ2) is 5.36. The maximum atomic E-state index is 11.4. The molecule has 0 aliphatic carbocycles. The molecule has 0 aromatic rings. The molecule has 1 spiro atoms. The van der Waals surface area contributed by atoms with E-state index in [0.717, 1.165) is 39.0 Å². The lowest BCUT2D eigenvalue weighted by Crippen LogP contribution is -2.61. The maximum Gasteiger partial charge on any atom is 0.322 e. The van der Waals surface area contributed by atoms with Crippen molar-refractivity contribution < 1.29 is 19.4 Å². The Morgan fingerprint density at radius 2 is 2.32 bits per heavy atom. The summed E-state index contributed by atoms with van der Waals surface area (Å²) in [5.41, 5.74) is -0.156. The van der Waals surface area contributed by atoms with Gasteiger partial charge >= 0.3 is 5.97 Å². The molecule has 0 saturated carbocycles. The van der Waals surface area contributed by atoms with Crippen molar-refractivity contribution in [3.05, 3.63) is 0 Å². The SMILES string of the molecule is O=C(O)C1CNCCN1C1CCOC2(CCOC2)C1. The number of carboxylic acid groups (broad SMARTS) is 1. The molecule has 3 heterocycles. The summed E-state index contributed by atoms with van der Waals surface area (Å²) in [6.45, 7) is 4.34. The van der Waals surface area contributed by atoms with E-state index < -0.39 is 12.0 Å². The number of nitrogens with zero attached hydrogens (tertiary/aromatic N) is 1. The van der Waals surface area contributed by atoms with Crippen LogP contribution in [0.25, 0.3) is 0 Å². The molecule has 3 unspecified atom stereocenters. The Balaban J connectivity index is 1.71. The second-order valence-corrected chi connectivity index (χ2v) is 5.78. The number of carboxylic acids is 1. The number of hydrogen-bond donors (Lipinski definition) is 2. The fraction of sp³-hybridized carbons (Fsp3) is 0.923. The molecule has 6 heteroatoms. The van der Waals surface area contributed by atoms with E-state index in [2.05, 4.69) is 10.2 Å². The molecule has 3 aliphatic rings. The van der Waals surface area contributed by atoms with Crippen LogP contribution in [0.4, 0.5) is 0 Å². The third-order valence-corrected chi connectivity index (χ3v) is 4.57. The number of piperazine rings is 1. The van der Waals surface area contributed by atoms with E-state index in [0.29, 0.717) is 25.8 Å². The van der Waals surface area contributed by atoms with Crippen molar-refractivity contribution in [1.29, 1.82) is 0 Å². The predicted molar refractivity (Wildman–Crippen MR) is 68.1 cm³/mol. The molecule has 0 aromatic carbocycles. The van der Waals surface area contributed by atoms with Gasteiger partial charge in [0, 0.05) is 45.3 Å². The molecular weight excluding hydrogens is 248 g/mol. The van der Waals surface area contributed by atoms with E-state index in [1.165, 1.54) is 0 Å². The minimum Gasteiger partial charge on any atom is -0.480 e. The van der Waals surface area contributed by atoms with E-state index >= 15 is 0 Å². The van der Waals surface area contributed by atoms with Crippen LogP contribution in [0, 0.1) is 0 Å². The minimum absolute atomic E-state index is 0.156. The van der Waals surface area contributed by atoms with Crippen LogP contribution in [0.2, 0.25) is 0 Å². The van der Waals surface area contributed by atoms with Gasteiger partial charge in [-0.3, -0.25) is 9.69 Å². The number of ether oxygens (including phenoxy) is 2. The average molecular weight is 270 g/mol. The summed E-state index contributed by atoms with van der Waals surface area (Å²) in [6.07, 6.45) is 2.76.